The Morgan fingerprint density at radius 3 is 2.80 bits per heavy atom. The molecule has 4 rings (SSSR count). The third-order valence-electron chi connectivity index (χ3n) is 4.84. The van der Waals surface area contributed by atoms with Crippen LogP contribution in [-0.4, -0.2) is 54.3 Å². The van der Waals surface area contributed by atoms with Crippen LogP contribution in [0.2, 0.25) is 0 Å². The lowest BCUT2D eigenvalue weighted by atomic mass is 10.1. The third-order valence-corrected chi connectivity index (χ3v) is 8.09. The highest BCUT2D eigenvalue weighted by Crippen LogP contribution is 2.40. The van der Waals surface area contributed by atoms with Gasteiger partial charge >= 0.3 is 0 Å². The summed E-state index contributed by atoms with van der Waals surface area (Å²) >= 11 is 1.43. The van der Waals surface area contributed by atoms with E-state index in [0.717, 1.165) is 24.2 Å². The van der Waals surface area contributed by atoms with Crippen LogP contribution >= 0.6 is 11.8 Å². The molecule has 3 fully saturated rings. The quantitative estimate of drug-likeness (QED) is 0.791. The van der Waals surface area contributed by atoms with E-state index in [1.807, 2.05) is 29.2 Å². The number of fused-ring (bicyclic) bond motifs is 1. The van der Waals surface area contributed by atoms with E-state index < -0.39 is 9.84 Å². The summed E-state index contributed by atoms with van der Waals surface area (Å²) in [6.45, 7) is 0.491. The van der Waals surface area contributed by atoms with E-state index in [1.165, 1.54) is 11.8 Å². The number of carbonyl (C=O) groups excluding carboxylic acids is 1. The average molecular weight is 380 g/mol. The van der Waals surface area contributed by atoms with Crippen LogP contribution in [-0.2, 0) is 21.2 Å². The molecule has 0 bridgehead atoms. The van der Waals surface area contributed by atoms with E-state index in [4.69, 9.17) is 4.74 Å². The average Bonchev–Trinajstić information content (AvgIpc) is 3.32. The molecule has 1 aromatic rings. The van der Waals surface area contributed by atoms with Crippen LogP contribution in [0.5, 0.6) is 5.75 Å². The maximum Gasteiger partial charge on any atom is 0.251 e. The number of nitrogens with zero attached hydrogens (tertiary/aromatic N) is 2. The standard InChI is InChI=1S/C17H20N2O4S2/c1-23-14-5-3-2-4-12(14)8-19-13-9-25(21,22)10-15(13)24-17(19)18-16(20)11-6-7-11/h2-5,11,13,15H,6-10H2,1H3/t13-,15+/m1/s1. The molecule has 2 heterocycles. The molecule has 0 spiro atoms. The molecular weight excluding hydrogens is 360 g/mol. The van der Waals surface area contributed by atoms with E-state index in [9.17, 15) is 13.2 Å². The zero-order valence-electron chi connectivity index (χ0n) is 13.9. The molecule has 0 unspecified atom stereocenters. The fraction of sp³-hybridized carbons (Fsp3) is 0.529. The topological polar surface area (TPSA) is 76.0 Å². The molecule has 2 saturated heterocycles. The lowest BCUT2D eigenvalue weighted by Gasteiger charge is -2.25. The lowest BCUT2D eigenvalue weighted by molar-refractivity contribution is -0.118. The Hall–Kier alpha value is -1.54. The fourth-order valence-electron chi connectivity index (χ4n) is 3.35. The van der Waals surface area contributed by atoms with Gasteiger partial charge < -0.3 is 9.64 Å². The second kappa shape index (κ2) is 6.32. The number of methoxy groups -OCH3 is 1. The van der Waals surface area contributed by atoms with Gasteiger partial charge in [-0.1, -0.05) is 30.0 Å². The van der Waals surface area contributed by atoms with E-state index in [2.05, 4.69) is 4.99 Å². The Balaban J connectivity index is 1.64. The largest absolute Gasteiger partial charge is 0.496 e. The molecule has 2 atom stereocenters. The predicted octanol–water partition coefficient (Wildman–Crippen LogP) is 1.70. The molecule has 1 aromatic carbocycles. The van der Waals surface area contributed by atoms with Crippen LogP contribution in [0.25, 0.3) is 0 Å². The van der Waals surface area contributed by atoms with Crippen LogP contribution in [0.1, 0.15) is 18.4 Å². The highest BCUT2D eigenvalue weighted by Gasteiger charge is 2.49. The van der Waals surface area contributed by atoms with Crippen molar-refractivity contribution in [2.75, 3.05) is 18.6 Å². The van der Waals surface area contributed by atoms with Crippen LogP contribution in [0, 0.1) is 5.92 Å². The van der Waals surface area contributed by atoms with Gasteiger partial charge in [0.2, 0.25) is 0 Å². The fourth-order valence-corrected chi connectivity index (χ4v) is 7.31. The number of thioether (sulfide) groups is 1. The van der Waals surface area contributed by atoms with Gasteiger partial charge in [-0.2, -0.15) is 4.99 Å². The molecule has 1 amide bonds. The van der Waals surface area contributed by atoms with Crippen molar-refractivity contribution in [2.45, 2.75) is 30.7 Å². The maximum atomic E-state index is 12.2. The number of benzene rings is 1. The number of carbonyl (C=O) groups is 1. The lowest BCUT2D eigenvalue weighted by Crippen LogP contribution is -2.37. The number of ether oxygens (including phenoxy) is 1. The normalized spacial score (nSPS) is 29.0. The highest BCUT2D eigenvalue weighted by atomic mass is 32.2. The van der Waals surface area contributed by atoms with Gasteiger partial charge in [0.1, 0.15) is 5.75 Å². The smallest absolute Gasteiger partial charge is 0.251 e. The summed E-state index contributed by atoms with van der Waals surface area (Å²) in [7, 11) is -1.42. The van der Waals surface area contributed by atoms with Gasteiger partial charge in [-0.25, -0.2) is 8.42 Å². The molecule has 1 saturated carbocycles. The van der Waals surface area contributed by atoms with Gasteiger partial charge in [-0.05, 0) is 18.9 Å². The summed E-state index contributed by atoms with van der Waals surface area (Å²) in [6, 6.07) is 7.53. The molecule has 134 valence electrons. The molecule has 6 nitrogen and oxygen atoms in total. The SMILES string of the molecule is COc1ccccc1CN1C(=NC(=O)C2CC2)S[C@H]2CS(=O)(=O)C[C@H]21. The van der Waals surface area contributed by atoms with E-state index >= 15 is 0 Å². The van der Waals surface area contributed by atoms with Crippen molar-refractivity contribution < 1.29 is 17.9 Å². The first-order chi connectivity index (χ1) is 12.0. The number of rotatable bonds is 4. The van der Waals surface area contributed by atoms with Gasteiger partial charge in [-0.3, -0.25) is 4.79 Å². The van der Waals surface area contributed by atoms with E-state index in [0.29, 0.717) is 11.7 Å². The number of hydrogen-bond donors (Lipinski definition) is 0. The van der Waals surface area contributed by atoms with Gasteiger partial charge in [0.05, 0.1) is 24.7 Å². The second-order valence-electron chi connectivity index (χ2n) is 6.75. The molecule has 8 heteroatoms. The van der Waals surface area contributed by atoms with Gasteiger partial charge in [0, 0.05) is 23.3 Å². The van der Waals surface area contributed by atoms with Crippen LogP contribution < -0.4 is 4.74 Å². The second-order valence-corrected chi connectivity index (χ2v) is 10.1. The Labute approximate surface area is 151 Å². The Morgan fingerprint density at radius 2 is 2.08 bits per heavy atom. The van der Waals surface area contributed by atoms with Crippen LogP contribution in [0.3, 0.4) is 0 Å². The van der Waals surface area contributed by atoms with Crippen LogP contribution in [0.4, 0.5) is 0 Å². The Morgan fingerprint density at radius 1 is 1.32 bits per heavy atom. The Bertz CT molecular complexity index is 833. The minimum Gasteiger partial charge on any atom is -0.496 e. The summed E-state index contributed by atoms with van der Waals surface area (Å²) in [5.74, 6) is 1.02. The molecule has 2 aliphatic heterocycles. The highest BCUT2D eigenvalue weighted by molar-refractivity contribution is 8.15. The molecule has 25 heavy (non-hydrogen) atoms. The molecule has 3 aliphatic rings. The van der Waals surface area contributed by atoms with Crippen LogP contribution in [0.15, 0.2) is 29.3 Å². The minimum absolute atomic E-state index is 0.0505. The van der Waals surface area contributed by atoms with Gasteiger partial charge in [-0.15, -0.1) is 0 Å². The predicted molar refractivity (Wildman–Crippen MR) is 97.5 cm³/mol. The molecule has 0 N–H and O–H groups in total. The maximum absolute atomic E-state index is 12.2. The number of amidine groups is 1. The van der Waals surface area contributed by atoms with Crippen molar-refractivity contribution in [3.63, 3.8) is 0 Å². The summed E-state index contributed by atoms with van der Waals surface area (Å²) in [4.78, 5) is 18.5. The monoisotopic (exact) mass is 380 g/mol. The number of sulfone groups is 1. The van der Waals surface area contributed by atoms with E-state index in [-0.39, 0.29) is 34.6 Å². The van der Waals surface area contributed by atoms with Crippen molar-refractivity contribution in [3.05, 3.63) is 29.8 Å². The molecular formula is C17H20N2O4S2. The number of aliphatic imine (C=N–C) groups is 1. The zero-order valence-corrected chi connectivity index (χ0v) is 15.6. The molecule has 0 radical (unpaired) electrons. The van der Waals surface area contributed by atoms with Crippen molar-refractivity contribution in [1.29, 1.82) is 0 Å². The first kappa shape index (κ1) is 16.9. The van der Waals surface area contributed by atoms with E-state index in [1.54, 1.807) is 7.11 Å². The van der Waals surface area contributed by atoms with Gasteiger partial charge in [0.25, 0.3) is 5.91 Å². The van der Waals surface area contributed by atoms with Gasteiger partial charge in [0.15, 0.2) is 15.0 Å². The summed E-state index contributed by atoms with van der Waals surface area (Å²) < 4.78 is 29.5. The third kappa shape index (κ3) is 3.42. The van der Waals surface area contributed by atoms with Crippen molar-refractivity contribution in [1.82, 2.24) is 4.90 Å². The molecule has 1 aliphatic carbocycles. The minimum atomic E-state index is -3.04. The first-order valence-electron chi connectivity index (χ1n) is 8.35. The molecule has 0 aromatic heterocycles. The van der Waals surface area contributed by atoms with Crippen molar-refractivity contribution >= 4 is 32.7 Å². The van der Waals surface area contributed by atoms with Crippen molar-refractivity contribution in [2.24, 2.45) is 10.9 Å². The number of para-hydroxylation sites is 1. The first-order valence-corrected chi connectivity index (χ1v) is 11.0. The summed E-state index contributed by atoms with van der Waals surface area (Å²) in [5, 5.41) is 0.609. The Kier molecular flexibility index (Phi) is 4.27. The number of amides is 1. The summed E-state index contributed by atoms with van der Waals surface area (Å²) in [6.07, 6.45) is 1.82. The summed E-state index contributed by atoms with van der Waals surface area (Å²) in [5.41, 5.74) is 0.960. The zero-order chi connectivity index (χ0) is 17.6. The van der Waals surface area contributed by atoms with Crippen molar-refractivity contribution in [3.8, 4) is 5.75 Å². The number of hydrogen-bond acceptors (Lipinski definition) is 5.